The van der Waals surface area contributed by atoms with E-state index in [4.69, 9.17) is 36.3 Å². The maximum absolute atomic E-state index is 12.8. The monoisotopic (exact) mass is 470 g/mol. The summed E-state index contributed by atoms with van der Waals surface area (Å²) in [6, 6.07) is 17.3. The molecule has 0 aliphatic rings. The summed E-state index contributed by atoms with van der Waals surface area (Å²) in [7, 11) is 2.82. The number of rotatable bonds is 10. The highest BCUT2D eigenvalue weighted by Gasteiger charge is 2.18. The molecular weight excluding hydrogens is 448 g/mol. The van der Waals surface area contributed by atoms with Crippen molar-refractivity contribution in [3.05, 3.63) is 76.8 Å². The van der Waals surface area contributed by atoms with Gasteiger partial charge in [-0.3, -0.25) is 9.59 Å². The lowest BCUT2D eigenvalue weighted by molar-refractivity contribution is -0.120. The molecule has 0 aliphatic carbocycles. The predicted molar refractivity (Wildman–Crippen MR) is 124 cm³/mol. The Morgan fingerprint density at radius 1 is 0.939 bits per heavy atom. The molecule has 3 aromatic rings. The van der Waals surface area contributed by atoms with Gasteiger partial charge in [0.25, 0.3) is 11.8 Å². The molecule has 172 valence electrons. The topological polar surface area (TPSA) is 109 Å². The van der Waals surface area contributed by atoms with Crippen molar-refractivity contribution in [2.24, 2.45) is 5.73 Å². The summed E-state index contributed by atoms with van der Waals surface area (Å²) in [5.74, 6) is 0.216. The van der Waals surface area contributed by atoms with E-state index in [9.17, 15) is 9.59 Å². The Morgan fingerprint density at radius 3 is 2.15 bits per heavy atom. The second-order valence-corrected chi connectivity index (χ2v) is 7.23. The number of primary amides is 1. The van der Waals surface area contributed by atoms with Crippen LogP contribution >= 0.6 is 11.6 Å². The number of anilines is 1. The van der Waals surface area contributed by atoms with Gasteiger partial charge in [-0.15, -0.1) is 0 Å². The van der Waals surface area contributed by atoms with Crippen molar-refractivity contribution in [2.45, 2.75) is 6.61 Å². The third-order valence-electron chi connectivity index (χ3n) is 4.55. The minimum Gasteiger partial charge on any atom is -0.493 e. The Balaban J connectivity index is 1.69. The van der Waals surface area contributed by atoms with E-state index in [2.05, 4.69) is 5.32 Å². The number of halogens is 1. The highest BCUT2D eigenvalue weighted by Crippen LogP contribution is 2.38. The van der Waals surface area contributed by atoms with Crippen LogP contribution in [-0.4, -0.2) is 32.6 Å². The molecule has 2 amide bonds. The fraction of sp³-hybridized carbons (Fsp3) is 0.167. The van der Waals surface area contributed by atoms with Crippen LogP contribution in [0.15, 0.2) is 60.7 Å². The standard InChI is InChI=1S/C24H23ClN2O6/c1-30-20-11-16(12-21(31-2)23(20)33-14-22(26)28)24(29)27-17-7-9-18(10-8-17)32-13-15-5-3-4-6-19(15)25/h3-12H,13-14H2,1-2H3,(H2,26,28)(H,27,29). The van der Waals surface area contributed by atoms with Gasteiger partial charge in [0.05, 0.1) is 14.2 Å². The minimum absolute atomic E-state index is 0.176. The van der Waals surface area contributed by atoms with Crippen molar-refractivity contribution in [1.82, 2.24) is 0 Å². The molecule has 0 spiro atoms. The zero-order valence-electron chi connectivity index (χ0n) is 18.1. The fourth-order valence-electron chi connectivity index (χ4n) is 2.91. The average Bonchev–Trinajstić information content (AvgIpc) is 2.82. The second-order valence-electron chi connectivity index (χ2n) is 6.82. The summed E-state index contributed by atoms with van der Waals surface area (Å²) in [6.07, 6.45) is 0. The zero-order chi connectivity index (χ0) is 23.8. The molecule has 0 saturated heterocycles. The quantitative estimate of drug-likeness (QED) is 0.462. The fourth-order valence-corrected chi connectivity index (χ4v) is 3.10. The first-order chi connectivity index (χ1) is 15.9. The van der Waals surface area contributed by atoms with E-state index in [1.165, 1.54) is 26.4 Å². The molecule has 0 atom stereocenters. The Hall–Kier alpha value is -3.91. The molecular formula is C24H23ClN2O6. The van der Waals surface area contributed by atoms with Crippen molar-refractivity contribution < 1.29 is 28.5 Å². The van der Waals surface area contributed by atoms with Crippen LogP contribution in [0.3, 0.4) is 0 Å². The summed E-state index contributed by atoms with van der Waals surface area (Å²) in [5.41, 5.74) is 6.85. The number of benzene rings is 3. The predicted octanol–water partition coefficient (Wildman–Crippen LogP) is 4.05. The molecule has 3 rings (SSSR count). The van der Waals surface area contributed by atoms with Crippen LogP contribution in [0.5, 0.6) is 23.0 Å². The number of hydrogen-bond donors (Lipinski definition) is 2. The summed E-state index contributed by atoms with van der Waals surface area (Å²) in [4.78, 5) is 23.8. The van der Waals surface area contributed by atoms with Gasteiger partial charge in [-0.05, 0) is 42.5 Å². The number of carbonyl (C=O) groups is 2. The maximum Gasteiger partial charge on any atom is 0.255 e. The molecule has 9 heteroatoms. The molecule has 0 radical (unpaired) electrons. The van der Waals surface area contributed by atoms with E-state index in [0.29, 0.717) is 23.1 Å². The van der Waals surface area contributed by atoms with Crippen LogP contribution in [0, 0.1) is 0 Å². The van der Waals surface area contributed by atoms with Crippen molar-refractivity contribution in [2.75, 3.05) is 26.1 Å². The van der Waals surface area contributed by atoms with Gasteiger partial charge in [0.2, 0.25) is 5.75 Å². The molecule has 0 saturated carbocycles. The van der Waals surface area contributed by atoms with Crippen LogP contribution in [0.4, 0.5) is 5.69 Å². The second kappa shape index (κ2) is 11.1. The van der Waals surface area contributed by atoms with E-state index in [1.54, 1.807) is 30.3 Å². The van der Waals surface area contributed by atoms with Gasteiger partial charge in [-0.25, -0.2) is 0 Å². The number of carbonyl (C=O) groups excluding carboxylic acids is 2. The van der Waals surface area contributed by atoms with Gasteiger partial charge in [0.15, 0.2) is 18.1 Å². The highest BCUT2D eigenvalue weighted by molar-refractivity contribution is 6.31. The number of methoxy groups -OCH3 is 2. The first kappa shape index (κ1) is 23.7. The van der Waals surface area contributed by atoms with E-state index in [-0.39, 0.29) is 29.4 Å². The van der Waals surface area contributed by atoms with Crippen molar-refractivity contribution >= 4 is 29.1 Å². The number of nitrogens with two attached hydrogens (primary N) is 1. The summed E-state index contributed by atoms with van der Waals surface area (Å²) >= 11 is 6.14. The normalized spacial score (nSPS) is 10.3. The lowest BCUT2D eigenvalue weighted by atomic mass is 10.1. The van der Waals surface area contributed by atoms with E-state index < -0.39 is 11.8 Å². The number of nitrogens with one attached hydrogen (secondary N) is 1. The van der Waals surface area contributed by atoms with E-state index in [1.807, 2.05) is 18.2 Å². The smallest absolute Gasteiger partial charge is 0.255 e. The number of hydrogen-bond acceptors (Lipinski definition) is 6. The molecule has 8 nitrogen and oxygen atoms in total. The molecule has 0 heterocycles. The van der Waals surface area contributed by atoms with Crippen molar-refractivity contribution in [3.8, 4) is 23.0 Å². The highest BCUT2D eigenvalue weighted by atomic mass is 35.5. The lowest BCUT2D eigenvalue weighted by Crippen LogP contribution is -2.20. The largest absolute Gasteiger partial charge is 0.493 e. The Labute approximate surface area is 196 Å². The first-order valence-corrected chi connectivity index (χ1v) is 10.2. The first-order valence-electron chi connectivity index (χ1n) is 9.86. The zero-order valence-corrected chi connectivity index (χ0v) is 18.8. The molecule has 0 unspecified atom stereocenters. The third-order valence-corrected chi connectivity index (χ3v) is 4.91. The minimum atomic E-state index is -0.653. The molecule has 0 aromatic heterocycles. The SMILES string of the molecule is COc1cc(C(=O)Nc2ccc(OCc3ccccc3Cl)cc2)cc(OC)c1OCC(N)=O. The molecule has 0 fully saturated rings. The molecule has 3 aromatic carbocycles. The van der Waals surface area contributed by atoms with E-state index in [0.717, 1.165) is 5.56 Å². The third kappa shape index (κ3) is 6.30. The molecule has 33 heavy (non-hydrogen) atoms. The van der Waals surface area contributed by atoms with Crippen LogP contribution in [0.25, 0.3) is 0 Å². The van der Waals surface area contributed by atoms with Crippen molar-refractivity contribution in [3.63, 3.8) is 0 Å². The van der Waals surface area contributed by atoms with Crippen LogP contribution in [0.2, 0.25) is 5.02 Å². The van der Waals surface area contributed by atoms with Crippen molar-refractivity contribution in [1.29, 1.82) is 0 Å². The summed E-state index contributed by atoms with van der Waals surface area (Å²) < 4.78 is 21.7. The summed E-state index contributed by atoms with van der Waals surface area (Å²) in [5, 5.41) is 3.44. The number of ether oxygens (including phenoxy) is 4. The van der Waals surface area contributed by atoms with Gasteiger partial charge in [-0.1, -0.05) is 29.8 Å². The molecule has 0 aliphatic heterocycles. The number of amides is 2. The van der Waals surface area contributed by atoms with Gasteiger partial charge in [0, 0.05) is 21.8 Å². The van der Waals surface area contributed by atoms with Gasteiger partial charge >= 0.3 is 0 Å². The lowest BCUT2D eigenvalue weighted by Gasteiger charge is -2.15. The van der Waals surface area contributed by atoms with Gasteiger partial charge in [0.1, 0.15) is 12.4 Å². The summed E-state index contributed by atoms with van der Waals surface area (Å²) in [6.45, 7) is -0.0295. The van der Waals surface area contributed by atoms with Gasteiger partial charge in [-0.2, -0.15) is 0 Å². The molecule has 0 bridgehead atoms. The van der Waals surface area contributed by atoms with Crippen LogP contribution in [0.1, 0.15) is 15.9 Å². The van der Waals surface area contributed by atoms with Crippen LogP contribution < -0.4 is 30.0 Å². The average molecular weight is 471 g/mol. The maximum atomic E-state index is 12.8. The van der Waals surface area contributed by atoms with Gasteiger partial charge < -0.3 is 30.0 Å². The molecule has 3 N–H and O–H groups in total. The Morgan fingerprint density at radius 2 is 1.58 bits per heavy atom. The van der Waals surface area contributed by atoms with Crippen LogP contribution in [-0.2, 0) is 11.4 Å². The van der Waals surface area contributed by atoms with E-state index >= 15 is 0 Å². The Bertz CT molecular complexity index is 1110. The Kier molecular flexibility index (Phi) is 7.99.